The molecular weight excluding hydrogens is 246 g/mol. The number of carbonyl (C=O) groups is 2. The van der Waals surface area contributed by atoms with Gasteiger partial charge in [0.25, 0.3) is 5.56 Å². The molecule has 1 atom stereocenters. The van der Waals surface area contributed by atoms with Gasteiger partial charge in [-0.3, -0.25) is 14.9 Å². The summed E-state index contributed by atoms with van der Waals surface area (Å²) in [6.45, 7) is 1.53. The lowest BCUT2D eigenvalue weighted by Gasteiger charge is -2.08. The van der Waals surface area contributed by atoms with E-state index in [1.165, 1.54) is 6.92 Å². The Bertz CT molecular complexity index is 500. The Morgan fingerprint density at radius 1 is 1.59 bits per heavy atom. The Hall–Kier alpha value is -2.03. The van der Waals surface area contributed by atoms with Crippen LogP contribution in [0, 0.1) is 0 Å². The molecule has 0 radical (unpaired) electrons. The number of aromatic nitrogens is 2. The zero-order chi connectivity index (χ0) is 13.0. The van der Waals surface area contributed by atoms with Gasteiger partial charge in [0.2, 0.25) is 5.91 Å². The van der Waals surface area contributed by atoms with Gasteiger partial charge < -0.3 is 16.5 Å². The van der Waals surface area contributed by atoms with Gasteiger partial charge in [-0.25, -0.2) is 9.78 Å². The summed E-state index contributed by atoms with van der Waals surface area (Å²) in [6.07, 6.45) is 0. The average Bonchev–Trinajstić information content (AvgIpc) is 2.14. The summed E-state index contributed by atoms with van der Waals surface area (Å²) in [5, 5.41) is 1.47. The second-order valence-corrected chi connectivity index (χ2v) is 4.42. The normalized spacial score (nSPS) is 11.8. The molecular formula is C8H11N5O3S. The van der Waals surface area contributed by atoms with Crippen molar-refractivity contribution in [2.24, 2.45) is 5.73 Å². The van der Waals surface area contributed by atoms with Crippen molar-refractivity contribution in [3.8, 4) is 0 Å². The van der Waals surface area contributed by atoms with E-state index >= 15 is 0 Å². The fourth-order valence-corrected chi connectivity index (χ4v) is 1.77. The van der Waals surface area contributed by atoms with Gasteiger partial charge in [0, 0.05) is 6.07 Å². The van der Waals surface area contributed by atoms with Gasteiger partial charge in [-0.05, 0) is 6.92 Å². The number of urea groups is 1. The summed E-state index contributed by atoms with van der Waals surface area (Å²) in [4.78, 5) is 39.1. The van der Waals surface area contributed by atoms with Crippen LogP contribution in [0.1, 0.15) is 6.92 Å². The van der Waals surface area contributed by atoms with E-state index < -0.39 is 22.7 Å². The lowest BCUT2D eigenvalue weighted by Crippen LogP contribution is -2.39. The maximum Gasteiger partial charge on any atom is 0.318 e. The van der Waals surface area contributed by atoms with Crippen molar-refractivity contribution in [2.45, 2.75) is 17.3 Å². The van der Waals surface area contributed by atoms with Crippen molar-refractivity contribution < 1.29 is 9.59 Å². The van der Waals surface area contributed by atoms with Crippen molar-refractivity contribution in [1.82, 2.24) is 15.3 Å². The van der Waals surface area contributed by atoms with Gasteiger partial charge in [-0.2, -0.15) is 0 Å². The highest BCUT2D eigenvalue weighted by molar-refractivity contribution is 8.00. The molecule has 0 spiro atoms. The number of nitrogens with one attached hydrogen (secondary N) is 2. The number of thioether (sulfide) groups is 1. The highest BCUT2D eigenvalue weighted by Gasteiger charge is 2.17. The van der Waals surface area contributed by atoms with Crippen LogP contribution >= 0.6 is 11.8 Å². The number of amides is 3. The lowest BCUT2D eigenvalue weighted by atomic mass is 10.4. The molecule has 0 aliphatic rings. The highest BCUT2D eigenvalue weighted by atomic mass is 32.2. The molecule has 1 heterocycles. The number of hydrogen-bond donors (Lipinski definition) is 4. The first-order valence-corrected chi connectivity index (χ1v) is 5.40. The Morgan fingerprint density at radius 2 is 2.24 bits per heavy atom. The fraction of sp³-hybridized carbons (Fsp3) is 0.250. The second kappa shape index (κ2) is 5.34. The minimum atomic E-state index is -0.934. The van der Waals surface area contributed by atoms with E-state index in [2.05, 4.69) is 9.97 Å². The van der Waals surface area contributed by atoms with E-state index in [4.69, 9.17) is 11.5 Å². The van der Waals surface area contributed by atoms with Gasteiger partial charge in [-0.15, -0.1) is 0 Å². The predicted octanol–water partition coefficient (Wildman–Crippen LogP) is -0.972. The lowest BCUT2D eigenvalue weighted by molar-refractivity contribution is -0.119. The van der Waals surface area contributed by atoms with Crippen LogP contribution in [0.3, 0.4) is 0 Å². The van der Waals surface area contributed by atoms with E-state index in [-0.39, 0.29) is 11.0 Å². The largest absolute Gasteiger partial charge is 0.383 e. The van der Waals surface area contributed by atoms with Crippen molar-refractivity contribution in [3.05, 3.63) is 16.4 Å². The number of carbonyl (C=O) groups excluding carboxylic acids is 2. The highest BCUT2D eigenvalue weighted by Crippen LogP contribution is 2.18. The van der Waals surface area contributed by atoms with Crippen LogP contribution in [0.5, 0.6) is 0 Å². The smallest absolute Gasteiger partial charge is 0.318 e. The van der Waals surface area contributed by atoms with Crippen molar-refractivity contribution in [1.29, 1.82) is 0 Å². The molecule has 0 aromatic carbocycles. The third-order valence-corrected chi connectivity index (χ3v) is 2.63. The third kappa shape index (κ3) is 4.15. The first kappa shape index (κ1) is 13.0. The molecule has 3 amide bonds. The van der Waals surface area contributed by atoms with E-state index in [0.29, 0.717) is 0 Å². The molecule has 92 valence electrons. The number of H-pyrrole nitrogens is 1. The minimum Gasteiger partial charge on any atom is -0.383 e. The molecule has 9 heteroatoms. The third-order valence-electron chi connectivity index (χ3n) is 1.64. The molecule has 0 saturated carbocycles. The van der Waals surface area contributed by atoms with Crippen LogP contribution < -0.4 is 22.3 Å². The number of hydrogen-bond acceptors (Lipinski definition) is 6. The maximum absolute atomic E-state index is 11.3. The molecule has 0 aliphatic carbocycles. The summed E-state index contributed by atoms with van der Waals surface area (Å²) < 4.78 is 0. The first-order valence-electron chi connectivity index (χ1n) is 4.52. The summed E-state index contributed by atoms with van der Waals surface area (Å²) in [7, 11) is 0. The quantitative estimate of drug-likeness (QED) is 0.405. The zero-order valence-electron chi connectivity index (χ0n) is 8.89. The van der Waals surface area contributed by atoms with Crippen molar-refractivity contribution in [3.63, 3.8) is 0 Å². The Kier molecular flexibility index (Phi) is 4.10. The zero-order valence-corrected chi connectivity index (χ0v) is 9.71. The van der Waals surface area contributed by atoms with Gasteiger partial charge in [0.15, 0.2) is 5.16 Å². The van der Waals surface area contributed by atoms with Crippen LogP contribution in [0.4, 0.5) is 10.6 Å². The number of nitrogen functional groups attached to an aromatic ring is 1. The number of anilines is 1. The van der Waals surface area contributed by atoms with Crippen LogP contribution in [0.25, 0.3) is 0 Å². The number of rotatable bonds is 3. The number of nitrogens with zero attached hydrogens (tertiary/aromatic N) is 1. The SMILES string of the molecule is CC(Sc1nc(N)cc(=O)[nH]1)C(=O)NC(N)=O. The number of aromatic amines is 1. The second-order valence-electron chi connectivity index (χ2n) is 3.09. The van der Waals surface area contributed by atoms with Crippen LogP contribution in [-0.4, -0.2) is 27.2 Å². The molecule has 0 fully saturated rings. The Labute approximate surface area is 100 Å². The van der Waals surface area contributed by atoms with Gasteiger partial charge in [-0.1, -0.05) is 11.8 Å². The van der Waals surface area contributed by atoms with E-state index in [1.807, 2.05) is 5.32 Å². The van der Waals surface area contributed by atoms with Gasteiger partial charge in [0.05, 0.1) is 5.25 Å². The van der Waals surface area contributed by atoms with Crippen LogP contribution in [-0.2, 0) is 4.79 Å². The van der Waals surface area contributed by atoms with Crippen molar-refractivity contribution in [2.75, 3.05) is 5.73 Å². The maximum atomic E-state index is 11.3. The van der Waals surface area contributed by atoms with E-state index in [0.717, 1.165) is 17.8 Å². The van der Waals surface area contributed by atoms with E-state index in [9.17, 15) is 14.4 Å². The molecule has 6 N–H and O–H groups in total. The predicted molar refractivity (Wildman–Crippen MR) is 62.3 cm³/mol. The van der Waals surface area contributed by atoms with Crippen molar-refractivity contribution >= 4 is 29.5 Å². The summed E-state index contributed by atoms with van der Waals surface area (Å²) in [6, 6.07) is 0.189. The van der Waals surface area contributed by atoms with Crippen LogP contribution in [0.2, 0.25) is 0 Å². The average molecular weight is 257 g/mol. The Morgan fingerprint density at radius 3 is 2.76 bits per heavy atom. The minimum absolute atomic E-state index is 0.0544. The molecule has 0 bridgehead atoms. The Balaban J connectivity index is 2.73. The summed E-state index contributed by atoms with van der Waals surface area (Å²) in [5.74, 6) is -0.522. The standard InChI is InChI=1S/C8H11N5O3S/c1-3(6(15)13-7(10)16)17-8-11-4(9)2-5(14)12-8/h2-3H,1H3,(H3,9,11,12,14)(H3,10,13,15,16). The molecule has 8 nitrogen and oxygen atoms in total. The molecule has 1 rings (SSSR count). The van der Waals surface area contributed by atoms with Gasteiger partial charge >= 0.3 is 6.03 Å². The first-order chi connectivity index (χ1) is 7.88. The molecule has 1 unspecified atom stereocenters. The summed E-state index contributed by atoms with van der Waals surface area (Å²) in [5.41, 5.74) is 9.76. The fourth-order valence-electron chi connectivity index (χ4n) is 0.953. The number of primary amides is 1. The monoisotopic (exact) mass is 257 g/mol. The molecule has 1 aromatic rings. The number of imide groups is 1. The van der Waals surface area contributed by atoms with E-state index in [1.54, 1.807) is 0 Å². The topological polar surface area (TPSA) is 144 Å². The van der Waals surface area contributed by atoms with Crippen LogP contribution in [0.15, 0.2) is 16.0 Å². The van der Waals surface area contributed by atoms with Gasteiger partial charge in [0.1, 0.15) is 5.82 Å². The summed E-state index contributed by atoms with van der Waals surface area (Å²) >= 11 is 0.956. The molecule has 0 saturated heterocycles. The molecule has 17 heavy (non-hydrogen) atoms. The molecule has 1 aromatic heterocycles. The number of nitrogens with two attached hydrogens (primary N) is 2. The molecule has 0 aliphatic heterocycles.